The Bertz CT molecular complexity index is 312. The van der Waals surface area contributed by atoms with Gasteiger partial charge in [0.05, 0.1) is 12.6 Å². The van der Waals surface area contributed by atoms with Crippen LogP contribution in [0, 0.1) is 0 Å². The van der Waals surface area contributed by atoms with Crippen LogP contribution in [0.2, 0.25) is 0 Å². The van der Waals surface area contributed by atoms with Crippen LogP contribution in [0.5, 0.6) is 0 Å². The van der Waals surface area contributed by atoms with E-state index >= 15 is 0 Å². The van der Waals surface area contributed by atoms with E-state index in [4.69, 9.17) is 5.73 Å². The minimum absolute atomic E-state index is 0.0153. The van der Waals surface area contributed by atoms with Crippen LogP contribution in [0.3, 0.4) is 0 Å². The summed E-state index contributed by atoms with van der Waals surface area (Å²) in [6.45, 7) is 4.84. The van der Waals surface area contributed by atoms with Gasteiger partial charge in [0.25, 0.3) is 0 Å². The van der Waals surface area contributed by atoms with Crippen molar-refractivity contribution in [3.05, 3.63) is 0 Å². The second kappa shape index (κ2) is 7.45. The average Bonchev–Trinajstić information content (AvgIpc) is 2.37. The van der Waals surface area contributed by atoms with E-state index in [2.05, 4.69) is 0 Å². The molecule has 0 aromatic carbocycles. The maximum Gasteiger partial charge on any atom is 0.239 e. The van der Waals surface area contributed by atoms with E-state index in [1.807, 2.05) is 30.8 Å². The molecule has 0 radical (unpaired) electrons. The Balaban J connectivity index is 2.40. The highest BCUT2D eigenvalue weighted by Crippen LogP contribution is 2.06. The zero-order chi connectivity index (χ0) is 14.4. The van der Waals surface area contributed by atoms with E-state index in [1.165, 1.54) is 0 Å². The van der Waals surface area contributed by atoms with Gasteiger partial charge in [0.1, 0.15) is 0 Å². The summed E-state index contributed by atoms with van der Waals surface area (Å²) in [6.07, 6.45) is 1.63. The Hall–Kier alpha value is -1.14. The summed E-state index contributed by atoms with van der Waals surface area (Å²) in [5.74, 6) is 0.136. The summed E-state index contributed by atoms with van der Waals surface area (Å²) >= 11 is 0. The van der Waals surface area contributed by atoms with Crippen LogP contribution in [0.1, 0.15) is 19.8 Å². The number of hydrogen-bond donors (Lipinski definition) is 1. The van der Waals surface area contributed by atoms with Crippen LogP contribution in [0.25, 0.3) is 0 Å². The molecule has 0 aromatic heterocycles. The largest absolute Gasteiger partial charge is 0.338 e. The molecule has 110 valence electrons. The van der Waals surface area contributed by atoms with Gasteiger partial charge >= 0.3 is 0 Å². The fraction of sp³-hybridized carbons (Fsp3) is 0.846. The molecule has 0 spiro atoms. The molecule has 0 aromatic rings. The molecule has 1 aliphatic heterocycles. The minimum Gasteiger partial charge on any atom is -0.338 e. The summed E-state index contributed by atoms with van der Waals surface area (Å²) in [5, 5.41) is 0. The lowest BCUT2D eigenvalue weighted by atomic mass is 10.1. The molecule has 0 aliphatic carbocycles. The fourth-order valence-corrected chi connectivity index (χ4v) is 2.22. The predicted molar refractivity (Wildman–Crippen MR) is 74.6 cm³/mol. The van der Waals surface area contributed by atoms with Crippen LogP contribution in [0.15, 0.2) is 0 Å². The van der Waals surface area contributed by atoms with Crippen molar-refractivity contribution in [2.45, 2.75) is 25.8 Å². The van der Waals surface area contributed by atoms with Gasteiger partial charge in [-0.3, -0.25) is 9.59 Å². The van der Waals surface area contributed by atoms with Crippen molar-refractivity contribution in [2.75, 3.05) is 46.8 Å². The van der Waals surface area contributed by atoms with Crippen molar-refractivity contribution in [2.24, 2.45) is 5.73 Å². The van der Waals surface area contributed by atoms with Gasteiger partial charge in [0.2, 0.25) is 11.8 Å². The van der Waals surface area contributed by atoms with Gasteiger partial charge in [-0.2, -0.15) is 0 Å². The molecule has 2 amide bonds. The SMILES string of the molecule is CCCC(N)C(=O)N1CCN(C(=O)CN(C)C)CC1. The number of rotatable bonds is 5. The highest BCUT2D eigenvalue weighted by Gasteiger charge is 2.26. The standard InChI is InChI=1S/C13H26N4O2/c1-4-5-11(14)13(19)17-8-6-16(7-9-17)12(18)10-15(2)3/h11H,4-10,14H2,1-3H3. The summed E-state index contributed by atoms with van der Waals surface area (Å²) in [6, 6.07) is -0.394. The number of amides is 2. The molecule has 0 saturated carbocycles. The minimum atomic E-state index is -0.394. The Morgan fingerprint density at radius 1 is 1.16 bits per heavy atom. The first-order chi connectivity index (χ1) is 8.95. The van der Waals surface area contributed by atoms with Crippen LogP contribution in [-0.2, 0) is 9.59 Å². The van der Waals surface area contributed by atoms with Crippen molar-refractivity contribution in [3.63, 3.8) is 0 Å². The van der Waals surface area contributed by atoms with Gasteiger partial charge in [0, 0.05) is 26.2 Å². The molecule has 6 nitrogen and oxygen atoms in total. The van der Waals surface area contributed by atoms with Gasteiger partial charge in [-0.1, -0.05) is 13.3 Å². The number of carbonyl (C=O) groups excluding carboxylic acids is 2. The fourth-order valence-electron chi connectivity index (χ4n) is 2.22. The molecule has 1 unspecified atom stereocenters. The summed E-state index contributed by atoms with van der Waals surface area (Å²) in [4.78, 5) is 29.4. The van der Waals surface area contributed by atoms with E-state index in [0.717, 1.165) is 12.8 Å². The van der Waals surface area contributed by atoms with Crippen molar-refractivity contribution in [3.8, 4) is 0 Å². The van der Waals surface area contributed by atoms with Gasteiger partial charge < -0.3 is 20.4 Å². The molecule has 1 atom stereocenters. The topological polar surface area (TPSA) is 69.9 Å². The maximum absolute atomic E-state index is 12.0. The molecule has 19 heavy (non-hydrogen) atoms. The summed E-state index contributed by atoms with van der Waals surface area (Å²) in [5.41, 5.74) is 5.84. The zero-order valence-electron chi connectivity index (χ0n) is 12.3. The third-order valence-corrected chi connectivity index (χ3v) is 3.31. The molecule has 1 rings (SSSR count). The predicted octanol–water partition coefficient (Wildman–Crippen LogP) is -0.654. The molecule has 1 heterocycles. The van der Waals surface area contributed by atoms with E-state index in [9.17, 15) is 9.59 Å². The highest BCUT2D eigenvalue weighted by molar-refractivity contribution is 5.82. The zero-order valence-corrected chi connectivity index (χ0v) is 12.3. The lowest BCUT2D eigenvalue weighted by Gasteiger charge is -2.36. The monoisotopic (exact) mass is 270 g/mol. The van der Waals surface area contributed by atoms with Crippen molar-refractivity contribution < 1.29 is 9.59 Å². The number of carbonyl (C=O) groups is 2. The van der Waals surface area contributed by atoms with Crippen molar-refractivity contribution in [1.29, 1.82) is 0 Å². The first-order valence-corrected chi connectivity index (χ1v) is 6.92. The van der Waals surface area contributed by atoms with Gasteiger partial charge in [-0.05, 0) is 20.5 Å². The van der Waals surface area contributed by atoms with Crippen molar-refractivity contribution >= 4 is 11.8 Å². The van der Waals surface area contributed by atoms with Gasteiger partial charge in [-0.25, -0.2) is 0 Å². The molecule has 2 N–H and O–H groups in total. The maximum atomic E-state index is 12.0. The van der Waals surface area contributed by atoms with Gasteiger partial charge in [-0.15, -0.1) is 0 Å². The smallest absolute Gasteiger partial charge is 0.239 e. The third kappa shape index (κ3) is 4.80. The first kappa shape index (κ1) is 15.9. The Morgan fingerprint density at radius 3 is 2.16 bits per heavy atom. The number of hydrogen-bond acceptors (Lipinski definition) is 4. The molecular weight excluding hydrogens is 244 g/mol. The molecule has 6 heteroatoms. The number of piperazine rings is 1. The molecular formula is C13H26N4O2. The van der Waals surface area contributed by atoms with Crippen LogP contribution >= 0.6 is 0 Å². The number of nitrogens with two attached hydrogens (primary N) is 1. The van der Waals surface area contributed by atoms with Crippen LogP contribution < -0.4 is 5.73 Å². The molecule has 1 fully saturated rings. The van der Waals surface area contributed by atoms with Gasteiger partial charge in [0.15, 0.2) is 0 Å². The highest BCUT2D eigenvalue weighted by atomic mass is 16.2. The van der Waals surface area contributed by atoms with E-state index in [1.54, 1.807) is 4.90 Å². The first-order valence-electron chi connectivity index (χ1n) is 6.92. The summed E-state index contributed by atoms with van der Waals surface area (Å²) in [7, 11) is 3.75. The molecule has 0 bridgehead atoms. The third-order valence-electron chi connectivity index (χ3n) is 3.31. The van der Waals surface area contributed by atoms with Crippen LogP contribution in [0.4, 0.5) is 0 Å². The lowest BCUT2D eigenvalue weighted by molar-refractivity contribution is -0.140. The van der Waals surface area contributed by atoms with Crippen molar-refractivity contribution in [1.82, 2.24) is 14.7 Å². The lowest BCUT2D eigenvalue weighted by Crippen LogP contribution is -2.55. The normalized spacial score (nSPS) is 17.7. The average molecular weight is 270 g/mol. The Morgan fingerprint density at radius 2 is 1.68 bits per heavy atom. The second-order valence-electron chi connectivity index (χ2n) is 5.34. The van der Waals surface area contributed by atoms with E-state index in [0.29, 0.717) is 32.7 Å². The Kier molecular flexibility index (Phi) is 6.24. The molecule has 1 saturated heterocycles. The summed E-state index contributed by atoms with van der Waals surface area (Å²) < 4.78 is 0. The molecule has 1 aliphatic rings. The quantitative estimate of drug-likeness (QED) is 0.720. The van der Waals surface area contributed by atoms with Crippen LogP contribution in [-0.4, -0.2) is 79.4 Å². The van der Waals surface area contributed by atoms with E-state index in [-0.39, 0.29) is 11.8 Å². The second-order valence-corrected chi connectivity index (χ2v) is 5.34. The Labute approximate surface area is 115 Å². The number of likely N-dealkylation sites (N-methyl/N-ethyl adjacent to an activating group) is 1. The number of nitrogens with zero attached hydrogens (tertiary/aromatic N) is 3. The van der Waals surface area contributed by atoms with E-state index < -0.39 is 6.04 Å².